The number of nitrogens with zero attached hydrogens (tertiary/aromatic N) is 3. The zero-order valence-electron chi connectivity index (χ0n) is 11.3. The maximum absolute atomic E-state index is 4.52. The van der Waals surface area contributed by atoms with Crippen molar-refractivity contribution in [3.63, 3.8) is 0 Å². The van der Waals surface area contributed by atoms with Crippen molar-refractivity contribution < 1.29 is 0 Å². The monoisotopic (exact) mass is 256 g/mol. The van der Waals surface area contributed by atoms with E-state index in [-0.39, 0.29) is 5.54 Å². The summed E-state index contributed by atoms with van der Waals surface area (Å²) in [6.07, 6.45) is 7.04. The van der Waals surface area contributed by atoms with Crippen molar-refractivity contribution in [2.45, 2.75) is 44.7 Å². The first-order chi connectivity index (χ1) is 9.25. The Morgan fingerprint density at radius 3 is 2.68 bits per heavy atom. The summed E-state index contributed by atoms with van der Waals surface area (Å²) in [7, 11) is 0. The first kappa shape index (κ1) is 12.4. The van der Waals surface area contributed by atoms with Crippen LogP contribution in [0.4, 0.5) is 0 Å². The van der Waals surface area contributed by atoms with Crippen molar-refractivity contribution in [2.75, 3.05) is 0 Å². The third kappa shape index (κ3) is 2.84. The molecule has 0 spiro atoms. The van der Waals surface area contributed by atoms with Gasteiger partial charge in [-0.3, -0.25) is 0 Å². The van der Waals surface area contributed by atoms with Crippen LogP contribution >= 0.6 is 0 Å². The fraction of sp³-hybridized carbons (Fsp3) is 0.467. The lowest BCUT2D eigenvalue weighted by Crippen LogP contribution is -2.38. The molecule has 3 rings (SSSR count). The second-order valence-electron chi connectivity index (χ2n) is 5.58. The second kappa shape index (κ2) is 5.13. The van der Waals surface area contributed by atoms with Crippen LogP contribution in [0.5, 0.6) is 0 Å². The van der Waals surface area contributed by atoms with Gasteiger partial charge in [0.05, 0.1) is 17.6 Å². The maximum Gasteiger partial charge on any atom is 0.0969 e. The van der Waals surface area contributed by atoms with Crippen molar-refractivity contribution in [3.05, 3.63) is 42.2 Å². The van der Waals surface area contributed by atoms with Crippen LogP contribution in [0.15, 0.2) is 36.5 Å². The molecule has 1 aliphatic carbocycles. The Hall–Kier alpha value is -1.68. The zero-order valence-corrected chi connectivity index (χ0v) is 11.3. The minimum Gasteiger partial charge on any atom is -0.306 e. The highest BCUT2D eigenvalue weighted by Gasteiger charge is 2.27. The molecule has 1 fully saturated rings. The number of benzene rings is 1. The van der Waals surface area contributed by atoms with Gasteiger partial charge in [-0.05, 0) is 31.9 Å². The molecule has 0 radical (unpaired) electrons. The van der Waals surface area contributed by atoms with Crippen molar-refractivity contribution in [1.29, 1.82) is 0 Å². The largest absolute Gasteiger partial charge is 0.306 e. The first-order valence-corrected chi connectivity index (χ1v) is 6.97. The van der Waals surface area contributed by atoms with Crippen LogP contribution in [-0.2, 0) is 6.54 Å². The summed E-state index contributed by atoms with van der Waals surface area (Å²) in [5.74, 6) is 0. The first-order valence-electron chi connectivity index (χ1n) is 6.97. The molecule has 1 aromatic carbocycles. The topological polar surface area (TPSA) is 42.7 Å². The van der Waals surface area contributed by atoms with Crippen LogP contribution in [0, 0.1) is 0 Å². The lowest BCUT2D eigenvalue weighted by molar-refractivity contribution is 0.360. The van der Waals surface area contributed by atoms with Gasteiger partial charge in [-0.2, -0.15) is 15.0 Å². The molecular weight excluding hydrogens is 236 g/mol. The molecule has 100 valence electrons. The molecule has 1 aliphatic rings. The molecule has 4 heteroatoms. The Morgan fingerprint density at radius 2 is 1.95 bits per heavy atom. The van der Waals surface area contributed by atoms with Gasteiger partial charge in [0.1, 0.15) is 0 Å². The molecule has 0 aliphatic heterocycles. The molecule has 0 atom stereocenters. The minimum atomic E-state index is 0.288. The number of aromatic nitrogens is 3. The van der Waals surface area contributed by atoms with Crippen molar-refractivity contribution in [3.8, 4) is 5.69 Å². The summed E-state index contributed by atoms with van der Waals surface area (Å²) < 4.78 is 0. The quantitative estimate of drug-likeness (QED) is 0.914. The van der Waals surface area contributed by atoms with Crippen LogP contribution in [0.1, 0.15) is 38.3 Å². The predicted molar refractivity (Wildman–Crippen MR) is 75.1 cm³/mol. The minimum absolute atomic E-state index is 0.288. The van der Waals surface area contributed by atoms with Gasteiger partial charge < -0.3 is 5.32 Å². The fourth-order valence-corrected chi connectivity index (χ4v) is 2.70. The smallest absolute Gasteiger partial charge is 0.0969 e. The molecular formula is C15H20N4. The number of rotatable bonds is 4. The van der Waals surface area contributed by atoms with Crippen LogP contribution in [0.3, 0.4) is 0 Å². The van der Waals surface area contributed by atoms with E-state index in [0.717, 1.165) is 17.9 Å². The van der Waals surface area contributed by atoms with E-state index in [9.17, 15) is 0 Å². The number of hydrogen-bond acceptors (Lipinski definition) is 3. The third-order valence-corrected chi connectivity index (χ3v) is 3.93. The highest BCUT2D eigenvalue weighted by atomic mass is 15.5. The Bertz CT molecular complexity index is 526. The maximum atomic E-state index is 4.52. The SMILES string of the molecule is CC1(NCc2cnn(-c3ccccc3)n2)CCCC1. The molecule has 1 aromatic heterocycles. The zero-order chi connectivity index (χ0) is 13.1. The van der Waals surface area contributed by atoms with E-state index >= 15 is 0 Å². The van der Waals surface area contributed by atoms with Gasteiger partial charge in [0.2, 0.25) is 0 Å². The lowest BCUT2D eigenvalue weighted by Gasteiger charge is -2.24. The molecule has 0 bridgehead atoms. The lowest BCUT2D eigenvalue weighted by atomic mass is 10.0. The molecule has 0 saturated heterocycles. The molecule has 0 amide bonds. The van der Waals surface area contributed by atoms with E-state index in [1.807, 2.05) is 36.5 Å². The number of nitrogens with one attached hydrogen (secondary N) is 1. The van der Waals surface area contributed by atoms with Gasteiger partial charge in [-0.1, -0.05) is 31.0 Å². The molecule has 4 nitrogen and oxygen atoms in total. The number of para-hydroxylation sites is 1. The highest BCUT2D eigenvalue weighted by Crippen LogP contribution is 2.28. The molecule has 2 aromatic rings. The van der Waals surface area contributed by atoms with Crippen molar-refractivity contribution in [2.24, 2.45) is 0 Å². The van der Waals surface area contributed by atoms with E-state index in [1.54, 1.807) is 4.80 Å². The average molecular weight is 256 g/mol. The van der Waals surface area contributed by atoms with Gasteiger partial charge in [-0.15, -0.1) is 0 Å². The van der Waals surface area contributed by atoms with Crippen LogP contribution < -0.4 is 5.32 Å². The van der Waals surface area contributed by atoms with Gasteiger partial charge in [0, 0.05) is 12.1 Å². The summed E-state index contributed by atoms with van der Waals surface area (Å²) in [6, 6.07) is 10.0. The Labute approximate surface area is 113 Å². The fourth-order valence-electron chi connectivity index (χ4n) is 2.70. The van der Waals surface area contributed by atoms with Crippen molar-refractivity contribution in [1.82, 2.24) is 20.3 Å². The van der Waals surface area contributed by atoms with Crippen LogP contribution in [0.25, 0.3) is 5.69 Å². The summed E-state index contributed by atoms with van der Waals surface area (Å²) in [5, 5.41) is 12.5. The van der Waals surface area contributed by atoms with E-state index < -0.39 is 0 Å². The molecule has 1 N–H and O–H groups in total. The summed E-state index contributed by atoms with van der Waals surface area (Å²) in [4.78, 5) is 1.69. The van der Waals surface area contributed by atoms with E-state index in [1.165, 1.54) is 25.7 Å². The highest BCUT2D eigenvalue weighted by molar-refractivity contribution is 5.28. The van der Waals surface area contributed by atoms with E-state index in [0.29, 0.717) is 0 Å². The summed E-state index contributed by atoms with van der Waals surface area (Å²) >= 11 is 0. The predicted octanol–water partition coefficient (Wildman–Crippen LogP) is 2.69. The number of hydrogen-bond donors (Lipinski definition) is 1. The summed E-state index contributed by atoms with van der Waals surface area (Å²) in [6.45, 7) is 3.10. The normalized spacial score (nSPS) is 17.7. The van der Waals surface area contributed by atoms with Gasteiger partial charge in [0.25, 0.3) is 0 Å². The molecule has 0 unspecified atom stereocenters. The van der Waals surface area contributed by atoms with E-state index in [2.05, 4.69) is 22.4 Å². The van der Waals surface area contributed by atoms with Crippen LogP contribution in [-0.4, -0.2) is 20.5 Å². The Balaban J connectivity index is 1.65. The van der Waals surface area contributed by atoms with Crippen LogP contribution in [0.2, 0.25) is 0 Å². The van der Waals surface area contributed by atoms with Gasteiger partial charge >= 0.3 is 0 Å². The van der Waals surface area contributed by atoms with Gasteiger partial charge in [0.15, 0.2) is 0 Å². The van der Waals surface area contributed by atoms with Crippen molar-refractivity contribution >= 4 is 0 Å². The summed E-state index contributed by atoms with van der Waals surface area (Å²) in [5.41, 5.74) is 2.29. The molecule has 1 saturated carbocycles. The third-order valence-electron chi connectivity index (χ3n) is 3.93. The van der Waals surface area contributed by atoms with Gasteiger partial charge in [-0.25, -0.2) is 0 Å². The second-order valence-corrected chi connectivity index (χ2v) is 5.58. The van der Waals surface area contributed by atoms with E-state index in [4.69, 9.17) is 0 Å². The average Bonchev–Trinajstić information content (AvgIpc) is 3.07. The standard InChI is InChI=1S/C15H20N4/c1-15(9-5-6-10-15)16-11-13-12-17-19(18-13)14-7-3-2-4-8-14/h2-4,7-8,12,16H,5-6,9-11H2,1H3. The Kier molecular flexibility index (Phi) is 3.34. The Morgan fingerprint density at radius 1 is 1.21 bits per heavy atom. The molecule has 1 heterocycles. The molecule has 19 heavy (non-hydrogen) atoms.